The molecule has 1 N–H and O–H groups in total. The second kappa shape index (κ2) is 9.51. The number of hydrogen-bond acceptors (Lipinski definition) is 9. The molecule has 1 aromatic heterocycles. The van der Waals surface area contributed by atoms with E-state index in [1.165, 1.54) is 0 Å². The number of aromatic nitrogens is 2. The van der Waals surface area contributed by atoms with Gasteiger partial charge in [-0.2, -0.15) is 9.59 Å². The lowest BCUT2D eigenvalue weighted by Crippen LogP contribution is -2.40. The number of anilines is 2. The molecule has 2 fully saturated rings. The summed E-state index contributed by atoms with van der Waals surface area (Å²) in [7, 11) is -1.64. The van der Waals surface area contributed by atoms with Crippen molar-refractivity contribution in [3.63, 3.8) is 0 Å². The summed E-state index contributed by atoms with van der Waals surface area (Å²) in [6, 6.07) is 0. The van der Waals surface area contributed by atoms with Gasteiger partial charge in [0.15, 0.2) is 11.5 Å². The fourth-order valence-electron chi connectivity index (χ4n) is 2.62. The molecular weight excluding hydrogens is 384 g/mol. The van der Waals surface area contributed by atoms with Crippen LogP contribution >= 0.6 is 0 Å². The second-order valence-electron chi connectivity index (χ2n) is 5.46. The molecule has 0 spiro atoms. The monoisotopic (exact) mass is 402 g/mol. The zero-order chi connectivity index (χ0) is 19.1. The van der Waals surface area contributed by atoms with Crippen LogP contribution in [0.4, 0.5) is 11.6 Å². The highest BCUT2D eigenvalue weighted by molar-refractivity contribution is 7.85. The Labute approximate surface area is 154 Å². The van der Waals surface area contributed by atoms with E-state index in [1.54, 1.807) is 6.20 Å². The third-order valence-electron chi connectivity index (χ3n) is 3.92. The molecule has 0 aliphatic carbocycles. The Hall–Kier alpha value is -2.17. The van der Waals surface area contributed by atoms with E-state index in [-0.39, 0.29) is 11.8 Å². The van der Waals surface area contributed by atoms with E-state index in [4.69, 9.17) is 9.59 Å². The van der Waals surface area contributed by atoms with E-state index in [9.17, 15) is 18.3 Å². The Bertz CT molecular complexity index is 733. The van der Waals surface area contributed by atoms with Gasteiger partial charge in [0, 0.05) is 70.8 Å². The number of hydrogen-bond donors (Lipinski definition) is 1. The van der Waals surface area contributed by atoms with Crippen molar-refractivity contribution >= 4 is 45.4 Å². The average Bonchev–Trinajstić information content (AvgIpc) is 2.63. The third-order valence-corrected chi connectivity index (χ3v) is 6.47. The maximum absolute atomic E-state index is 11.6. The summed E-state index contributed by atoms with van der Waals surface area (Å²) in [5.74, 6) is 1.86. The number of carboxylic acid groups (broad SMARTS) is 1. The molecule has 2 saturated heterocycles. The highest BCUT2D eigenvalue weighted by Gasteiger charge is 2.25. The first-order chi connectivity index (χ1) is 12.5. The van der Waals surface area contributed by atoms with E-state index in [1.807, 2.05) is 9.80 Å². The molecule has 3 rings (SSSR count). The molecule has 12 heteroatoms. The lowest BCUT2D eigenvalue weighted by Gasteiger charge is -2.30. The Kier molecular flexibility index (Phi) is 7.37. The van der Waals surface area contributed by atoms with Crippen LogP contribution < -0.4 is 9.80 Å². The fraction of sp³-hybridized carbons (Fsp3) is 0.571. The van der Waals surface area contributed by atoms with Crippen LogP contribution in [0.15, 0.2) is 6.20 Å². The summed E-state index contributed by atoms with van der Waals surface area (Å²) in [6.45, 7) is 2.21. The average molecular weight is 402 g/mol. The molecule has 2 aliphatic heterocycles. The highest BCUT2D eigenvalue weighted by atomic mass is 32.2. The van der Waals surface area contributed by atoms with Gasteiger partial charge in [0.25, 0.3) is 0 Å². The van der Waals surface area contributed by atoms with E-state index in [2.05, 4.69) is 9.97 Å². The van der Waals surface area contributed by atoms with Crippen molar-refractivity contribution in [1.82, 2.24) is 9.97 Å². The molecule has 0 unspecified atom stereocenters. The first-order valence-electron chi connectivity index (χ1n) is 7.75. The lowest BCUT2D eigenvalue weighted by molar-refractivity contribution is -0.191. The molecule has 0 saturated carbocycles. The largest absolute Gasteiger partial charge is 0.476 e. The summed E-state index contributed by atoms with van der Waals surface area (Å²) in [5.41, 5.74) is -0.0816. The quantitative estimate of drug-likeness (QED) is 0.651. The summed E-state index contributed by atoms with van der Waals surface area (Å²) in [5, 5.41) is 9.46. The van der Waals surface area contributed by atoms with Gasteiger partial charge in [0.2, 0.25) is 0 Å². The molecule has 142 valence electrons. The molecule has 0 bridgehead atoms. The Morgan fingerprint density at radius 2 is 1.46 bits per heavy atom. The Morgan fingerprint density at radius 1 is 1.00 bits per heavy atom. The van der Waals surface area contributed by atoms with Crippen LogP contribution in [0.25, 0.3) is 0 Å². The van der Waals surface area contributed by atoms with Crippen LogP contribution in [0.3, 0.4) is 0 Å². The van der Waals surface area contributed by atoms with Gasteiger partial charge >= 0.3 is 12.1 Å². The number of carboxylic acids is 1. The van der Waals surface area contributed by atoms with E-state index < -0.39 is 27.6 Å². The van der Waals surface area contributed by atoms with Crippen LogP contribution in [-0.2, 0) is 31.2 Å². The number of nitrogens with zero attached hydrogens (tertiary/aromatic N) is 4. The van der Waals surface area contributed by atoms with Gasteiger partial charge in [-0.1, -0.05) is 0 Å². The minimum Gasteiger partial charge on any atom is -0.476 e. The summed E-state index contributed by atoms with van der Waals surface area (Å²) < 4.78 is 22.9. The standard InChI is InChI=1S/C13H18N4O4S2.CO2/c18-13(19)11-12(17-3-7-23(21)8-4-17)14-9-10(15-11)16-1-5-22(20)6-2-16;2-1-3/h9H,1-8H2,(H,18,19);. The van der Waals surface area contributed by atoms with E-state index in [0.29, 0.717) is 60.8 Å². The van der Waals surface area contributed by atoms with Gasteiger partial charge in [-0.25, -0.2) is 14.8 Å². The maximum Gasteiger partial charge on any atom is 0.373 e. The molecule has 0 radical (unpaired) electrons. The SMILES string of the molecule is O=C(O)c1nc(N2CCS(=O)CC2)cnc1N1CCS(=O)CC1.O=C=O. The summed E-state index contributed by atoms with van der Waals surface area (Å²) in [4.78, 5) is 40.1. The van der Waals surface area contributed by atoms with Crippen molar-refractivity contribution in [2.45, 2.75) is 0 Å². The summed E-state index contributed by atoms with van der Waals surface area (Å²) >= 11 is 0. The van der Waals surface area contributed by atoms with E-state index in [0.717, 1.165) is 0 Å². The molecule has 0 amide bonds. The number of aromatic carboxylic acids is 1. The molecule has 0 aromatic carbocycles. The van der Waals surface area contributed by atoms with Gasteiger partial charge in [-0.05, 0) is 0 Å². The minimum atomic E-state index is -1.12. The topological polar surface area (TPSA) is 138 Å². The van der Waals surface area contributed by atoms with Crippen molar-refractivity contribution in [3.8, 4) is 0 Å². The number of carbonyl (C=O) groups excluding carboxylic acids is 2. The predicted octanol–water partition coefficient (Wildman–Crippen LogP) is -1.27. The lowest BCUT2D eigenvalue weighted by atomic mass is 10.3. The Balaban J connectivity index is 0.000000758. The maximum atomic E-state index is 11.6. The van der Waals surface area contributed by atoms with Crippen molar-refractivity contribution < 1.29 is 27.9 Å². The third kappa shape index (κ3) is 5.16. The molecule has 10 nitrogen and oxygen atoms in total. The van der Waals surface area contributed by atoms with Crippen LogP contribution in [0, 0.1) is 0 Å². The van der Waals surface area contributed by atoms with Crippen LogP contribution in [0.2, 0.25) is 0 Å². The normalized spacial score (nSPS) is 18.6. The van der Waals surface area contributed by atoms with Crippen molar-refractivity contribution in [2.24, 2.45) is 0 Å². The molecule has 3 heterocycles. The highest BCUT2D eigenvalue weighted by Crippen LogP contribution is 2.22. The van der Waals surface area contributed by atoms with Gasteiger partial charge in [-0.15, -0.1) is 0 Å². The minimum absolute atomic E-state index is 0.0816. The van der Waals surface area contributed by atoms with Gasteiger partial charge in [0.05, 0.1) is 6.20 Å². The van der Waals surface area contributed by atoms with Gasteiger partial charge < -0.3 is 14.9 Å². The molecule has 1 aromatic rings. The smallest absolute Gasteiger partial charge is 0.373 e. The van der Waals surface area contributed by atoms with Crippen molar-refractivity contribution in [3.05, 3.63) is 11.9 Å². The molecule has 26 heavy (non-hydrogen) atoms. The fourth-order valence-corrected chi connectivity index (χ4v) is 4.72. The first kappa shape index (κ1) is 20.1. The van der Waals surface area contributed by atoms with Crippen molar-refractivity contribution in [1.29, 1.82) is 0 Å². The summed E-state index contributed by atoms with van der Waals surface area (Å²) in [6.07, 6.45) is 1.82. The van der Waals surface area contributed by atoms with Crippen LogP contribution in [-0.4, -0.2) is 84.8 Å². The first-order valence-corrected chi connectivity index (χ1v) is 10.7. The van der Waals surface area contributed by atoms with Gasteiger partial charge in [0.1, 0.15) is 5.82 Å². The predicted molar refractivity (Wildman–Crippen MR) is 94.2 cm³/mol. The van der Waals surface area contributed by atoms with Gasteiger partial charge in [-0.3, -0.25) is 8.42 Å². The molecule has 2 aliphatic rings. The number of carbonyl (C=O) groups is 1. The van der Waals surface area contributed by atoms with E-state index >= 15 is 0 Å². The zero-order valence-corrected chi connectivity index (χ0v) is 15.5. The molecule has 0 atom stereocenters. The van der Waals surface area contributed by atoms with Crippen LogP contribution in [0.5, 0.6) is 0 Å². The second-order valence-corrected chi connectivity index (χ2v) is 8.85. The Morgan fingerprint density at radius 3 is 1.92 bits per heavy atom. The molecular formula is C14H18N4O6S2. The number of rotatable bonds is 3. The van der Waals surface area contributed by atoms with Crippen molar-refractivity contribution in [2.75, 3.05) is 59.0 Å². The van der Waals surface area contributed by atoms with Crippen LogP contribution in [0.1, 0.15) is 10.5 Å². The zero-order valence-electron chi connectivity index (χ0n) is 13.8.